The third-order valence-electron chi connectivity index (χ3n) is 2.62. The molecule has 2 N–H and O–H groups in total. The SMILES string of the molecule is COCc1cccc(C(=O)NCCC(O)COC)c1. The number of amides is 1. The number of methoxy groups -OCH3 is 2. The monoisotopic (exact) mass is 267 g/mol. The van der Waals surface area contributed by atoms with Crippen LogP contribution in [0.5, 0.6) is 0 Å². The van der Waals surface area contributed by atoms with Gasteiger partial charge in [0.2, 0.25) is 0 Å². The van der Waals surface area contributed by atoms with Crippen LogP contribution >= 0.6 is 0 Å². The van der Waals surface area contributed by atoms with Crippen LogP contribution in [-0.2, 0) is 16.1 Å². The first-order valence-corrected chi connectivity index (χ1v) is 6.20. The first-order chi connectivity index (χ1) is 9.17. The standard InChI is InChI=1S/C14H21NO4/c1-18-9-11-4-3-5-12(8-11)14(17)15-7-6-13(16)10-19-2/h3-5,8,13,16H,6-7,9-10H2,1-2H3,(H,15,17). The van der Waals surface area contributed by atoms with Crippen molar-refractivity contribution in [3.05, 3.63) is 35.4 Å². The predicted octanol–water partition coefficient (Wildman–Crippen LogP) is 0.960. The van der Waals surface area contributed by atoms with E-state index in [1.165, 1.54) is 7.11 Å². The number of benzene rings is 1. The zero-order valence-electron chi connectivity index (χ0n) is 11.4. The van der Waals surface area contributed by atoms with E-state index < -0.39 is 6.10 Å². The van der Waals surface area contributed by atoms with Crippen molar-refractivity contribution in [1.29, 1.82) is 0 Å². The molecule has 1 unspecified atom stereocenters. The highest BCUT2D eigenvalue weighted by Crippen LogP contribution is 2.06. The smallest absolute Gasteiger partial charge is 0.251 e. The largest absolute Gasteiger partial charge is 0.391 e. The second kappa shape index (κ2) is 8.63. The van der Waals surface area contributed by atoms with E-state index in [2.05, 4.69) is 5.32 Å². The molecule has 0 saturated carbocycles. The van der Waals surface area contributed by atoms with Crippen LogP contribution < -0.4 is 5.32 Å². The quantitative estimate of drug-likeness (QED) is 0.736. The molecule has 1 atom stereocenters. The minimum Gasteiger partial charge on any atom is -0.391 e. The van der Waals surface area contributed by atoms with Gasteiger partial charge in [-0.25, -0.2) is 0 Å². The van der Waals surface area contributed by atoms with Gasteiger partial charge < -0.3 is 19.9 Å². The fourth-order valence-electron chi connectivity index (χ4n) is 1.70. The Morgan fingerprint density at radius 2 is 2.16 bits per heavy atom. The van der Waals surface area contributed by atoms with Gasteiger partial charge in [0.05, 0.1) is 19.3 Å². The van der Waals surface area contributed by atoms with Gasteiger partial charge in [0.25, 0.3) is 5.91 Å². The Morgan fingerprint density at radius 1 is 1.37 bits per heavy atom. The molecule has 0 bridgehead atoms. The van der Waals surface area contributed by atoms with Crippen LogP contribution in [-0.4, -0.2) is 44.5 Å². The number of carbonyl (C=O) groups excluding carboxylic acids is 1. The fourth-order valence-corrected chi connectivity index (χ4v) is 1.70. The molecule has 5 nitrogen and oxygen atoms in total. The summed E-state index contributed by atoms with van der Waals surface area (Å²) in [5.74, 6) is -0.150. The van der Waals surface area contributed by atoms with Gasteiger partial charge in [-0.2, -0.15) is 0 Å². The zero-order chi connectivity index (χ0) is 14.1. The van der Waals surface area contributed by atoms with Crippen molar-refractivity contribution in [2.75, 3.05) is 27.4 Å². The van der Waals surface area contributed by atoms with Gasteiger partial charge in [-0.1, -0.05) is 12.1 Å². The first-order valence-electron chi connectivity index (χ1n) is 6.20. The van der Waals surface area contributed by atoms with Crippen LogP contribution in [0.25, 0.3) is 0 Å². The van der Waals surface area contributed by atoms with Crippen LogP contribution in [0.2, 0.25) is 0 Å². The Labute approximate surface area is 113 Å². The van der Waals surface area contributed by atoms with Gasteiger partial charge in [-0.05, 0) is 24.1 Å². The molecular formula is C14H21NO4. The van der Waals surface area contributed by atoms with E-state index in [1.807, 2.05) is 12.1 Å². The highest BCUT2D eigenvalue weighted by Gasteiger charge is 2.08. The molecule has 0 radical (unpaired) electrons. The molecule has 0 aromatic heterocycles. The molecule has 106 valence electrons. The van der Waals surface area contributed by atoms with Gasteiger partial charge in [0.1, 0.15) is 0 Å². The van der Waals surface area contributed by atoms with Crippen LogP contribution in [0, 0.1) is 0 Å². The Hall–Kier alpha value is -1.43. The Morgan fingerprint density at radius 3 is 2.84 bits per heavy atom. The molecule has 0 heterocycles. The second-order valence-electron chi connectivity index (χ2n) is 4.29. The lowest BCUT2D eigenvalue weighted by atomic mass is 10.1. The number of hydrogen-bond donors (Lipinski definition) is 2. The minimum atomic E-state index is -0.551. The molecule has 0 spiro atoms. The minimum absolute atomic E-state index is 0.150. The number of nitrogens with one attached hydrogen (secondary N) is 1. The van der Waals surface area contributed by atoms with Gasteiger partial charge in [-0.3, -0.25) is 4.79 Å². The molecule has 0 aliphatic heterocycles. The van der Waals surface area contributed by atoms with E-state index >= 15 is 0 Å². The summed E-state index contributed by atoms with van der Waals surface area (Å²) in [6.07, 6.45) is -0.0812. The average molecular weight is 267 g/mol. The van der Waals surface area contributed by atoms with Crippen molar-refractivity contribution in [3.8, 4) is 0 Å². The maximum absolute atomic E-state index is 11.9. The van der Waals surface area contributed by atoms with E-state index in [0.29, 0.717) is 25.1 Å². The molecule has 0 saturated heterocycles. The van der Waals surface area contributed by atoms with Crippen LogP contribution in [0.4, 0.5) is 0 Å². The topological polar surface area (TPSA) is 67.8 Å². The third kappa shape index (κ3) is 5.83. The number of rotatable bonds is 8. The normalized spacial score (nSPS) is 12.2. The lowest BCUT2D eigenvalue weighted by Crippen LogP contribution is -2.28. The van der Waals surface area contributed by atoms with Crippen molar-refractivity contribution >= 4 is 5.91 Å². The summed E-state index contributed by atoms with van der Waals surface area (Å²) in [6.45, 7) is 1.17. The van der Waals surface area contributed by atoms with Crippen LogP contribution in [0.15, 0.2) is 24.3 Å². The molecule has 1 aromatic rings. The molecular weight excluding hydrogens is 246 g/mol. The van der Waals surface area contributed by atoms with Crippen molar-refractivity contribution in [2.45, 2.75) is 19.1 Å². The summed E-state index contributed by atoms with van der Waals surface area (Å²) in [7, 11) is 3.15. The van der Waals surface area contributed by atoms with E-state index in [4.69, 9.17) is 9.47 Å². The van der Waals surface area contributed by atoms with Crippen molar-refractivity contribution in [2.24, 2.45) is 0 Å². The number of aliphatic hydroxyl groups is 1. The average Bonchev–Trinajstić information content (AvgIpc) is 2.39. The summed E-state index contributed by atoms with van der Waals surface area (Å²) in [5, 5.41) is 12.2. The number of aliphatic hydroxyl groups excluding tert-OH is 1. The summed E-state index contributed by atoms with van der Waals surface area (Å²) >= 11 is 0. The van der Waals surface area contributed by atoms with E-state index in [0.717, 1.165) is 5.56 Å². The van der Waals surface area contributed by atoms with Crippen molar-refractivity contribution in [3.63, 3.8) is 0 Å². The van der Waals surface area contributed by atoms with Gasteiger partial charge in [0, 0.05) is 26.3 Å². The highest BCUT2D eigenvalue weighted by molar-refractivity contribution is 5.94. The van der Waals surface area contributed by atoms with E-state index in [-0.39, 0.29) is 12.5 Å². The predicted molar refractivity (Wildman–Crippen MR) is 72.0 cm³/mol. The Kier molecular flexibility index (Phi) is 7.10. The van der Waals surface area contributed by atoms with Crippen molar-refractivity contribution < 1.29 is 19.4 Å². The van der Waals surface area contributed by atoms with Crippen LogP contribution in [0.1, 0.15) is 22.3 Å². The fraction of sp³-hybridized carbons (Fsp3) is 0.500. The van der Waals surface area contributed by atoms with E-state index in [1.54, 1.807) is 19.2 Å². The lowest BCUT2D eigenvalue weighted by Gasteiger charge is -2.10. The molecule has 0 fully saturated rings. The molecule has 1 rings (SSSR count). The molecule has 0 aliphatic rings. The summed E-state index contributed by atoms with van der Waals surface area (Å²) < 4.78 is 9.84. The number of ether oxygens (including phenoxy) is 2. The summed E-state index contributed by atoms with van der Waals surface area (Å²) in [4.78, 5) is 11.9. The Bertz CT molecular complexity index is 395. The summed E-state index contributed by atoms with van der Waals surface area (Å²) in [5.41, 5.74) is 1.55. The maximum atomic E-state index is 11.9. The van der Waals surface area contributed by atoms with Crippen LogP contribution in [0.3, 0.4) is 0 Å². The summed E-state index contributed by atoms with van der Waals surface area (Å²) in [6, 6.07) is 7.27. The number of carbonyl (C=O) groups is 1. The molecule has 19 heavy (non-hydrogen) atoms. The second-order valence-corrected chi connectivity index (χ2v) is 4.29. The lowest BCUT2D eigenvalue weighted by molar-refractivity contribution is 0.0587. The molecule has 1 amide bonds. The molecule has 1 aromatic carbocycles. The Balaban J connectivity index is 2.42. The first kappa shape index (κ1) is 15.6. The van der Waals surface area contributed by atoms with Gasteiger partial charge in [0.15, 0.2) is 0 Å². The molecule has 5 heteroatoms. The van der Waals surface area contributed by atoms with Gasteiger partial charge >= 0.3 is 0 Å². The van der Waals surface area contributed by atoms with Gasteiger partial charge in [-0.15, -0.1) is 0 Å². The third-order valence-corrected chi connectivity index (χ3v) is 2.62. The maximum Gasteiger partial charge on any atom is 0.251 e. The highest BCUT2D eigenvalue weighted by atomic mass is 16.5. The zero-order valence-corrected chi connectivity index (χ0v) is 11.4. The number of hydrogen-bond acceptors (Lipinski definition) is 4. The molecule has 0 aliphatic carbocycles. The van der Waals surface area contributed by atoms with E-state index in [9.17, 15) is 9.90 Å². The van der Waals surface area contributed by atoms with Crippen molar-refractivity contribution in [1.82, 2.24) is 5.32 Å².